The van der Waals surface area contributed by atoms with Gasteiger partial charge in [-0.1, -0.05) is 5.21 Å². The van der Waals surface area contributed by atoms with E-state index in [2.05, 4.69) is 20.7 Å². The van der Waals surface area contributed by atoms with Crippen molar-refractivity contribution in [3.63, 3.8) is 0 Å². The zero-order chi connectivity index (χ0) is 19.7. The van der Waals surface area contributed by atoms with Crippen LogP contribution in [-0.4, -0.2) is 30.7 Å². The SMILES string of the molecule is O=C(Cn1nnc2c(cnn2-c2ccc(F)cc2)c1=O)Nc1ccc(F)cc1. The summed E-state index contributed by atoms with van der Waals surface area (Å²) < 4.78 is 28.3. The number of carbonyl (C=O) groups excluding carboxylic acids is 1. The first kappa shape index (κ1) is 17.5. The topological polar surface area (TPSA) is 94.7 Å². The molecule has 2 aromatic heterocycles. The molecule has 4 aromatic rings. The van der Waals surface area contributed by atoms with Crippen LogP contribution >= 0.6 is 0 Å². The van der Waals surface area contributed by atoms with Crippen LogP contribution in [0, 0.1) is 11.6 Å². The molecule has 1 amide bonds. The largest absolute Gasteiger partial charge is 0.324 e. The second-order valence-electron chi connectivity index (χ2n) is 5.88. The molecule has 0 spiro atoms. The summed E-state index contributed by atoms with van der Waals surface area (Å²) in [5.74, 6) is -1.35. The van der Waals surface area contributed by atoms with Crippen LogP contribution in [0.1, 0.15) is 0 Å². The smallest absolute Gasteiger partial charge is 0.281 e. The molecule has 0 saturated carbocycles. The molecule has 2 heterocycles. The highest BCUT2D eigenvalue weighted by molar-refractivity contribution is 5.90. The predicted octanol–water partition coefficient (Wildman–Crippen LogP) is 1.89. The van der Waals surface area contributed by atoms with Gasteiger partial charge in [0.15, 0.2) is 5.65 Å². The quantitative estimate of drug-likeness (QED) is 0.582. The summed E-state index contributed by atoms with van der Waals surface area (Å²) in [6, 6.07) is 10.7. The van der Waals surface area contributed by atoms with Crippen molar-refractivity contribution in [1.29, 1.82) is 0 Å². The van der Waals surface area contributed by atoms with Gasteiger partial charge in [-0.2, -0.15) is 5.10 Å². The van der Waals surface area contributed by atoms with E-state index in [0.29, 0.717) is 11.4 Å². The summed E-state index contributed by atoms with van der Waals surface area (Å²) >= 11 is 0. The van der Waals surface area contributed by atoms with Gasteiger partial charge in [0.25, 0.3) is 5.56 Å². The van der Waals surface area contributed by atoms with E-state index in [4.69, 9.17) is 0 Å². The molecule has 0 aliphatic rings. The lowest BCUT2D eigenvalue weighted by atomic mass is 10.3. The lowest BCUT2D eigenvalue weighted by molar-refractivity contribution is -0.117. The predicted molar refractivity (Wildman–Crippen MR) is 95.9 cm³/mol. The molecule has 4 rings (SSSR count). The minimum Gasteiger partial charge on any atom is -0.324 e. The van der Waals surface area contributed by atoms with Crippen molar-refractivity contribution < 1.29 is 13.6 Å². The lowest BCUT2D eigenvalue weighted by Crippen LogP contribution is -2.30. The summed E-state index contributed by atoms with van der Waals surface area (Å²) in [5, 5.41) is 14.5. The van der Waals surface area contributed by atoms with E-state index < -0.39 is 23.1 Å². The number of benzene rings is 2. The Bertz CT molecular complexity index is 1220. The molecule has 0 saturated heterocycles. The number of anilines is 1. The van der Waals surface area contributed by atoms with Gasteiger partial charge in [0.2, 0.25) is 5.91 Å². The molecule has 0 aliphatic carbocycles. The number of fused-ring (bicyclic) bond motifs is 1. The minimum atomic E-state index is -0.549. The van der Waals surface area contributed by atoms with Gasteiger partial charge in [-0.05, 0) is 48.5 Å². The molecule has 0 unspecified atom stereocenters. The molecular weight excluding hydrogens is 370 g/mol. The average molecular weight is 382 g/mol. The highest BCUT2D eigenvalue weighted by atomic mass is 19.1. The molecule has 0 radical (unpaired) electrons. The maximum absolute atomic E-state index is 13.1. The van der Waals surface area contributed by atoms with Crippen molar-refractivity contribution in [3.05, 3.63) is 76.7 Å². The number of nitrogens with one attached hydrogen (secondary N) is 1. The van der Waals surface area contributed by atoms with Crippen molar-refractivity contribution in [2.75, 3.05) is 5.32 Å². The van der Waals surface area contributed by atoms with Gasteiger partial charge in [0.05, 0.1) is 11.9 Å². The minimum absolute atomic E-state index is 0.161. The molecule has 140 valence electrons. The molecule has 8 nitrogen and oxygen atoms in total. The Morgan fingerprint density at radius 1 is 1.00 bits per heavy atom. The van der Waals surface area contributed by atoms with Crippen molar-refractivity contribution in [2.24, 2.45) is 0 Å². The maximum Gasteiger partial charge on any atom is 0.281 e. The molecule has 0 aliphatic heterocycles. The highest BCUT2D eigenvalue weighted by Gasteiger charge is 2.14. The fourth-order valence-electron chi connectivity index (χ4n) is 2.61. The monoisotopic (exact) mass is 382 g/mol. The maximum atomic E-state index is 13.1. The van der Waals surface area contributed by atoms with Crippen molar-refractivity contribution in [1.82, 2.24) is 24.8 Å². The van der Waals surface area contributed by atoms with Gasteiger partial charge in [-0.3, -0.25) is 9.59 Å². The Morgan fingerprint density at radius 2 is 1.64 bits per heavy atom. The van der Waals surface area contributed by atoms with E-state index in [1.54, 1.807) is 0 Å². The van der Waals surface area contributed by atoms with Crippen LogP contribution in [0.5, 0.6) is 0 Å². The Morgan fingerprint density at radius 3 is 2.32 bits per heavy atom. The molecule has 2 aromatic carbocycles. The van der Waals surface area contributed by atoms with E-state index in [-0.39, 0.29) is 17.6 Å². The first-order chi connectivity index (χ1) is 13.5. The molecule has 0 fully saturated rings. The number of hydrogen-bond donors (Lipinski definition) is 1. The van der Waals surface area contributed by atoms with Gasteiger partial charge in [0, 0.05) is 5.69 Å². The Kier molecular flexibility index (Phi) is 4.36. The van der Waals surface area contributed by atoms with Crippen molar-refractivity contribution in [3.8, 4) is 5.69 Å². The van der Waals surface area contributed by atoms with Crippen LogP contribution in [0.2, 0.25) is 0 Å². The third-order valence-corrected chi connectivity index (χ3v) is 3.95. The number of nitrogens with zero attached hydrogens (tertiary/aromatic N) is 5. The van der Waals surface area contributed by atoms with E-state index >= 15 is 0 Å². The van der Waals surface area contributed by atoms with Crippen LogP contribution in [0.15, 0.2) is 59.5 Å². The number of hydrogen-bond acceptors (Lipinski definition) is 5. The summed E-state index contributed by atoms with van der Waals surface area (Å²) in [4.78, 5) is 24.7. The molecule has 0 atom stereocenters. The normalized spacial score (nSPS) is 10.9. The third kappa shape index (κ3) is 3.34. The third-order valence-electron chi connectivity index (χ3n) is 3.95. The second kappa shape index (κ2) is 6.99. The standard InChI is InChI=1S/C18H12F2N6O2/c19-11-1-5-13(6-2-11)22-16(27)10-25-18(28)15-9-21-26(17(15)23-24-25)14-7-3-12(20)4-8-14/h1-9H,10H2,(H,22,27). The summed E-state index contributed by atoms with van der Waals surface area (Å²) in [5.41, 5.74) is 0.536. The molecule has 10 heteroatoms. The zero-order valence-corrected chi connectivity index (χ0v) is 14.2. The summed E-state index contributed by atoms with van der Waals surface area (Å²) in [7, 11) is 0. The van der Waals surface area contributed by atoms with E-state index in [9.17, 15) is 18.4 Å². The molecular formula is C18H12F2N6O2. The van der Waals surface area contributed by atoms with Crippen LogP contribution in [0.25, 0.3) is 16.7 Å². The number of halogens is 2. The number of carbonyl (C=O) groups is 1. The van der Waals surface area contributed by atoms with Crippen LogP contribution in [-0.2, 0) is 11.3 Å². The fourth-order valence-corrected chi connectivity index (χ4v) is 2.61. The van der Waals surface area contributed by atoms with Gasteiger partial charge in [-0.15, -0.1) is 5.10 Å². The first-order valence-electron chi connectivity index (χ1n) is 8.14. The summed E-state index contributed by atoms with van der Waals surface area (Å²) in [6.45, 7) is -0.374. The number of amides is 1. The van der Waals surface area contributed by atoms with Gasteiger partial charge in [-0.25, -0.2) is 18.1 Å². The summed E-state index contributed by atoms with van der Waals surface area (Å²) in [6.07, 6.45) is 1.31. The van der Waals surface area contributed by atoms with Crippen molar-refractivity contribution in [2.45, 2.75) is 6.54 Å². The number of rotatable bonds is 4. The number of aromatic nitrogens is 5. The van der Waals surface area contributed by atoms with Gasteiger partial charge in [0.1, 0.15) is 23.6 Å². The highest BCUT2D eigenvalue weighted by Crippen LogP contribution is 2.13. The Balaban J connectivity index is 1.60. The van der Waals surface area contributed by atoms with Gasteiger partial charge < -0.3 is 5.32 Å². The van der Waals surface area contributed by atoms with Crippen LogP contribution in [0.4, 0.5) is 14.5 Å². The zero-order valence-electron chi connectivity index (χ0n) is 14.2. The Labute approximate surface area is 156 Å². The fraction of sp³-hybridized carbons (Fsp3) is 0.0556. The van der Waals surface area contributed by atoms with E-state index in [0.717, 1.165) is 4.68 Å². The molecule has 28 heavy (non-hydrogen) atoms. The molecule has 1 N–H and O–H groups in total. The second-order valence-corrected chi connectivity index (χ2v) is 5.88. The average Bonchev–Trinajstić information content (AvgIpc) is 3.11. The van der Waals surface area contributed by atoms with E-state index in [1.165, 1.54) is 59.4 Å². The van der Waals surface area contributed by atoms with Gasteiger partial charge >= 0.3 is 0 Å². The Hall–Kier alpha value is -3.95. The van der Waals surface area contributed by atoms with Crippen molar-refractivity contribution >= 4 is 22.6 Å². The lowest BCUT2D eigenvalue weighted by Gasteiger charge is -2.06. The van der Waals surface area contributed by atoms with Crippen LogP contribution < -0.4 is 10.9 Å². The van der Waals surface area contributed by atoms with E-state index in [1.807, 2.05) is 0 Å². The van der Waals surface area contributed by atoms with Crippen LogP contribution in [0.3, 0.4) is 0 Å². The molecule has 0 bridgehead atoms. The first-order valence-corrected chi connectivity index (χ1v) is 8.14.